The molecule has 160 valence electrons. The van der Waals surface area contributed by atoms with Gasteiger partial charge in [0.1, 0.15) is 22.8 Å². The third kappa shape index (κ3) is 5.04. The van der Waals surface area contributed by atoms with Crippen molar-refractivity contribution in [3.8, 4) is 17.2 Å². The molecular formula is C25H24O6. The quantitative estimate of drug-likeness (QED) is 0.374. The van der Waals surface area contributed by atoms with Gasteiger partial charge in [-0.3, -0.25) is 9.59 Å². The van der Waals surface area contributed by atoms with Crippen LogP contribution >= 0.6 is 0 Å². The number of phenols is 3. The van der Waals surface area contributed by atoms with Crippen LogP contribution in [0, 0.1) is 0 Å². The highest BCUT2D eigenvalue weighted by atomic mass is 16.5. The lowest BCUT2D eigenvalue weighted by Gasteiger charge is -2.20. The highest BCUT2D eigenvalue weighted by molar-refractivity contribution is 6.02. The van der Waals surface area contributed by atoms with Gasteiger partial charge < -0.3 is 20.1 Å². The zero-order valence-corrected chi connectivity index (χ0v) is 17.1. The number of aromatic hydroxyl groups is 3. The molecule has 0 aliphatic rings. The molecule has 0 spiro atoms. The van der Waals surface area contributed by atoms with Crippen LogP contribution in [-0.4, -0.2) is 34.2 Å². The van der Waals surface area contributed by atoms with E-state index in [0.717, 1.165) is 17.2 Å². The van der Waals surface area contributed by atoms with Crippen molar-refractivity contribution in [3.63, 3.8) is 0 Å². The van der Waals surface area contributed by atoms with Gasteiger partial charge >= 0.3 is 5.97 Å². The number of esters is 1. The predicted octanol–water partition coefficient (Wildman–Crippen LogP) is 4.12. The van der Waals surface area contributed by atoms with Gasteiger partial charge in [-0.1, -0.05) is 60.7 Å². The molecular weight excluding hydrogens is 396 g/mol. The van der Waals surface area contributed by atoms with Gasteiger partial charge in [-0.05, 0) is 24.0 Å². The highest BCUT2D eigenvalue weighted by Crippen LogP contribution is 2.43. The molecule has 3 rings (SSSR count). The van der Waals surface area contributed by atoms with Crippen molar-refractivity contribution in [2.24, 2.45) is 0 Å². The van der Waals surface area contributed by atoms with Crippen LogP contribution in [0.2, 0.25) is 0 Å². The van der Waals surface area contributed by atoms with Crippen molar-refractivity contribution in [3.05, 3.63) is 89.0 Å². The first-order valence-electron chi connectivity index (χ1n) is 9.89. The minimum Gasteiger partial charge on any atom is -0.507 e. The maximum atomic E-state index is 12.8. The van der Waals surface area contributed by atoms with E-state index < -0.39 is 34.9 Å². The minimum absolute atomic E-state index is 0.0386. The van der Waals surface area contributed by atoms with Crippen molar-refractivity contribution < 1.29 is 29.6 Å². The second-order valence-corrected chi connectivity index (χ2v) is 7.23. The molecule has 1 unspecified atom stereocenters. The molecule has 0 aromatic heterocycles. The second-order valence-electron chi connectivity index (χ2n) is 7.23. The zero-order chi connectivity index (χ0) is 22.4. The van der Waals surface area contributed by atoms with Crippen molar-refractivity contribution in [2.45, 2.75) is 25.2 Å². The summed E-state index contributed by atoms with van der Waals surface area (Å²) in [5.74, 6) is -3.87. The number of methoxy groups -OCH3 is 1. The molecule has 0 saturated heterocycles. The molecule has 3 N–H and O–H groups in total. The van der Waals surface area contributed by atoms with E-state index in [1.54, 1.807) is 24.3 Å². The summed E-state index contributed by atoms with van der Waals surface area (Å²) in [6.07, 6.45) is 0.590. The van der Waals surface area contributed by atoms with Crippen LogP contribution in [0.3, 0.4) is 0 Å². The van der Waals surface area contributed by atoms with E-state index in [2.05, 4.69) is 0 Å². The van der Waals surface area contributed by atoms with Gasteiger partial charge in [-0.2, -0.15) is 0 Å². The fourth-order valence-corrected chi connectivity index (χ4v) is 3.60. The number of rotatable bonds is 8. The normalized spacial score (nSPS) is 11.6. The van der Waals surface area contributed by atoms with E-state index in [1.165, 1.54) is 7.11 Å². The third-order valence-electron chi connectivity index (χ3n) is 5.18. The Morgan fingerprint density at radius 2 is 1.45 bits per heavy atom. The molecule has 6 nitrogen and oxygen atoms in total. The Morgan fingerprint density at radius 1 is 0.871 bits per heavy atom. The average molecular weight is 420 g/mol. The standard InChI is InChI=1S/C25H24O6/c1-31-25(30)18(14-17-10-6-3-7-11-17)22-20(27)15-21(28)23(24(22)29)19(26)13-12-16-8-4-2-5-9-16/h2-11,15,18,27-29H,12-14H2,1H3. The summed E-state index contributed by atoms with van der Waals surface area (Å²) in [4.78, 5) is 25.3. The van der Waals surface area contributed by atoms with E-state index in [1.807, 2.05) is 36.4 Å². The fraction of sp³-hybridized carbons (Fsp3) is 0.200. The lowest BCUT2D eigenvalue weighted by atomic mass is 9.87. The predicted molar refractivity (Wildman–Crippen MR) is 115 cm³/mol. The molecule has 1 atom stereocenters. The number of hydrogen-bond donors (Lipinski definition) is 3. The summed E-state index contributed by atoms with van der Waals surface area (Å²) in [6.45, 7) is 0. The lowest BCUT2D eigenvalue weighted by molar-refractivity contribution is -0.142. The molecule has 0 heterocycles. The molecule has 6 heteroatoms. The van der Waals surface area contributed by atoms with Crippen LogP contribution < -0.4 is 0 Å². The summed E-state index contributed by atoms with van der Waals surface area (Å²) >= 11 is 0. The first-order valence-corrected chi connectivity index (χ1v) is 9.89. The Morgan fingerprint density at radius 3 is 2.03 bits per heavy atom. The fourth-order valence-electron chi connectivity index (χ4n) is 3.60. The summed E-state index contributed by atoms with van der Waals surface area (Å²) in [5.41, 5.74) is 1.26. The number of hydrogen-bond acceptors (Lipinski definition) is 6. The number of Topliss-reactive ketones (excluding diaryl/α,β-unsaturated/α-hetero) is 1. The van der Waals surface area contributed by atoms with Gasteiger partial charge in [-0.15, -0.1) is 0 Å². The van der Waals surface area contributed by atoms with E-state index >= 15 is 0 Å². The van der Waals surface area contributed by atoms with E-state index in [-0.39, 0.29) is 24.0 Å². The molecule has 0 saturated carbocycles. The number of benzene rings is 3. The smallest absolute Gasteiger partial charge is 0.313 e. The maximum absolute atomic E-state index is 12.8. The van der Waals surface area contributed by atoms with Gasteiger partial charge in [0, 0.05) is 12.5 Å². The van der Waals surface area contributed by atoms with Crippen LogP contribution in [0.25, 0.3) is 0 Å². The van der Waals surface area contributed by atoms with E-state index in [9.17, 15) is 24.9 Å². The van der Waals surface area contributed by atoms with Crippen LogP contribution in [0.15, 0.2) is 66.7 Å². The Balaban J connectivity index is 1.97. The number of phenolic OH excluding ortho intramolecular Hbond substituents is 3. The average Bonchev–Trinajstić information content (AvgIpc) is 2.77. The van der Waals surface area contributed by atoms with Crippen molar-refractivity contribution in [1.82, 2.24) is 0 Å². The Hall–Kier alpha value is -3.80. The first kappa shape index (κ1) is 21.9. The van der Waals surface area contributed by atoms with Crippen LogP contribution in [0.4, 0.5) is 0 Å². The summed E-state index contributed by atoms with van der Waals surface area (Å²) in [5, 5.41) is 31.6. The lowest BCUT2D eigenvalue weighted by Crippen LogP contribution is -2.18. The number of carbonyl (C=O) groups excluding carboxylic acids is 2. The Kier molecular flexibility index (Phi) is 6.92. The molecule has 0 aliphatic heterocycles. The Bertz CT molecular complexity index is 1060. The van der Waals surface area contributed by atoms with Gasteiger partial charge in [0.2, 0.25) is 0 Å². The summed E-state index contributed by atoms with van der Waals surface area (Å²) in [7, 11) is 1.21. The summed E-state index contributed by atoms with van der Waals surface area (Å²) < 4.78 is 4.88. The molecule has 0 radical (unpaired) electrons. The molecule has 0 amide bonds. The number of ketones is 1. The van der Waals surface area contributed by atoms with Crippen molar-refractivity contribution in [1.29, 1.82) is 0 Å². The molecule has 0 bridgehead atoms. The van der Waals surface area contributed by atoms with Crippen LogP contribution in [0.1, 0.15) is 39.4 Å². The van der Waals surface area contributed by atoms with Crippen LogP contribution in [0.5, 0.6) is 17.2 Å². The Labute approximate surface area is 180 Å². The molecule has 0 aliphatic carbocycles. The molecule has 3 aromatic carbocycles. The summed E-state index contributed by atoms with van der Waals surface area (Å²) in [6, 6.07) is 19.4. The van der Waals surface area contributed by atoms with Gasteiger partial charge in [0.25, 0.3) is 0 Å². The molecule has 31 heavy (non-hydrogen) atoms. The van der Waals surface area contributed by atoms with Crippen molar-refractivity contribution >= 4 is 11.8 Å². The zero-order valence-electron chi connectivity index (χ0n) is 17.1. The van der Waals surface area contributed by atoms with Gasteiger partial charge in [0.15, 0.2) is 5.78 Å². The topological polar surface area (TPSA) is 104 Å². The largest absolute Gasteiger partial charge is 0.507 e. The maximum Gasteiger partial charge on any atom is 0.313 e. The molecule has 0 fully saturated rings. The third-order valence-corrected chi connectivity index (χ3v) is 5.18. The van der Waals surface area contributed by atoms with E-state index in [4.69, 9.17) is 4.74 Å². The minimum atomic E-state index is -1.06. The van der Waals surface area contributed by atoms with Crippen molar-refractivity contribution in [2.75, 3.05) is 7.11 Å². The van der Waals surface area contributed by atoms with Gasteiger partial charge in [-0.25, -0.2) is 0 Å². The number of ether oxygens (including phenoxy) is 1. The first-order chi connectivity index (χ1) is 14.9. The van der Waals surface area contributed by atoms with E-state index in [0.29, 0.717) is 6.42 Å². The van der Waals surface area contributed by atoms with Gasteiger partial charge in [0.05, 0.1) is 18.6 Å². The second kappa shape index (κ2) is 9.80. The van der Waals surface area contributed by atoms with Crippen LogP contribution in [-0.2, 0) is 22.4 Å². The monoisotopic (exact) mass is 420 g/mol. The SMILES string of the molecule is COC(=O)C(Cc1ccccc1)c1c(O)cc(O)c(C(=O)CCc2ccccc2)c1O. The highest BCUT2D eigenvalue weighted by Gasteiger charge is 2.32. The number of carbonyl (C=O) groups is 2. The molecule has 3 aromatic rings. The number of aryl methyl sites for hydroxylation is 1.